The van der Waals surface area contributed by atoms with Crippen molar-refractivity contribution in [2.45, 2.75) is 0 Å². The summed E-state index contributed by atoms with van der Waals surface area (Å²) in [5.74, 6) is 1.67. The van der Waals surface area contributed by atoms with Crippen molar-refractivity contribution in [2.24, 2.45) is 0 Å². The van der Waals surface area contributed by atoms with Crippen molar-refractivity contribution in [1.29, 1.82) is 0 Å². The zero-order valence-corrected chi connectivity index (χ0v) is 5.33. The highest BCUT2D eigenvalue weighted by Gasteiger charge is 1.58. The van der Waals surface area contributed by atoms with E-state index in [1.165, 1.54) is 0 Å². The van der Waals surface area contributed by atoms with E-state index in [9.17, 15) is 0 Å². The van der Waals surface area contributed by atoms with E-state index in [2.05, 4.69) is 15.8 Å². The summed E-state index contributed by atoms with van der Waals surface area (Å²) in [6.07, 6.45) is 0. The Kier molecular flexibility index (Phi) is 24.0. The fraction of sp³-hybridized carbons (Fsp3) is 0.500. The minimum atomic E-state index is -0.125. The van der Waals surface area contributed by atoms with Gasteiger partial charge in [0.05, 0.1) is 13.2 Å². The number of aliphatic hydroxyl groups excluding tert-OH is 2. The van der Waals surface area contributed by atoms with Gasteiger partial charge in [0.2, 0.25) is 0 Å². The highest BCUT2D eigenvalue weighted by molar-refractivity contribution is 7.20. The fourth-order valence-corrected chi connectivity index (χ4v) is 0. The van der Waals surface area contributed by atoms with Gasteiger partial charge in [-0.15, -0.1) is 9.24 Å². The quantitative estimate of drug-likeness (QED) is 0.480. The maximum Gasteiger partial charge on any atom is 0.0662 e. The van der Waals surface area contributed by atoms with Crippen molar-refractivity contribution >= 4 is 9.24 Å². The van der Waals surface area contributed by atoms with Crippen molar-refractivity contribution in [3.8, 4) is 0 Å². The highest BCUT2D eigenvalue weighted by atomic mass is 31.0. The normalized spacial score (nSPS) is 6.14. The zero-order chi connectivity index (χ0) is 6.12. The molecular formula is C4H11O2P. The molecule has 0 fully saturated rings. The molecule has 0 aliphatic heterocycles. The van der Waals surface area contributed by atoms with Gasteiger partial charge in [-0.1, -0.05) is 12.4 Å². The predicted molar refractivity (Wildman–Crippen MR) is 34.1 cm³/mol. The van der Waals surface area contributed by atoms with Crippen molar-refractivity contribution in [3.63, 3.8) is 0 Å². The van der Waals surface area contributed by atoms with E-state index in [4.69, 9.17) is 10.2 Å². The summed E-state index contributed by atoms with van der Waals surface area (Å²) in [4.78, 5) is 0. The monoisotopic (exact) mass is 122 g/mol. The lowest BCUT2D eigenvalue weighted by molar-refractivity contribution is 0.186. The van der Waals surface area contributed by atoms with Crippen LogP contribution in [0.3, 0.4) is 0 Å². The molecule has 0 aliphatic carbocycles. The van der Waals surface area contributed by atoms with Crippen LogP contribution in [0, 0.1) is 0 Å². The first kappa shape index (κ1) is 10.1. The Morgan fingerprint density at radius 2 is 1.57 bits per heavy atom. The van der Waals surface area contributed by atoms with Gasteiger partial charge >= 0.3 is 0 Å². The lowest BCUT2D eigenvalue weighted by atomic mass is 10.8. The molecule has 0 saturated carbocycles. The maximum atomic E-state index is 7.62. The Morgan fingerprint density at radius 3 is 1.57 bits per heavy atom. The van der Waals surface area contributed by atoms with Crippen LogP contribution in [0.25, 0.3) is 0 Å². The summed E-state index contributed by atoms with van der Waals surface area (Å²) >= 11 is 0. The summed E-state index contributed by atoms with van der Waals surface area (Å²) < 4.78 is 0. The van der Waals surface area contributed by atoms with Gasteiger partial charge < -0.3 is 10.2 Å². The SMILES string of the molecule is C=CP.OCCO. The molecule has 0 saturated heterocycles. The van der Waals surface area contributed by atoms with Crippen molar-refractivity contribution in [1.82, 2.24) is 0 Å². The van der Waals surface area contributed by atoms with E-state index in [-0.39, 0.29) is 13.2 Å². The van der Waals surface area contributed by atoms with Crippen LogP contribution in [0.5, 0.6) is 0 Å². The second-order valence-corrected chi connectivity index (χ2v) is 1.15. The van der Waals surface area contributed by atoms with Gasteiger partial charge in [0.25, 0.3) is 0 Å². The lowest BCUT2D eigenvalue weighted by Crippen LogP contribution is -1.85. The molecule has 1 unspecified atom stereocenters. The Balaban J connectivity index is 0. The van der Waals surface area contributed by atoms with Crippen molar-refractivity contribution < 1.29 is 10.2 Å². The first-order chi connectivity index (χ1) is 3.33. The Labute approximate surface area is 46.1 Å². The van der Waals surface area contributed by atoms with Crippen molar-refractivity contribution in [2.75, 3.05) is 13.2 Å². The van der Waals surface area contributed by atoms with E-state index in [1.54, 1.807) is 5.82 Å². The molecule has 0 aromatic heterocycles. The maximum absolute atomic E-state index is 7.62. The third kappa shape index (κ3) is 85.7. The molecule has 0 aromatic carbocycles. The van der Waals surface area contributed by atoms with Gasteiger partial charge in [0.15, 0.2) is 0 Å². The molecule has 0 bridgehead atoms. The van der Waals surface area contributed by atoms with E-state index < -0.39 is 0 Å². The van der Waals surface area contributed by atoms with Gasteiger partial charge in [0, 0.05) is 0 Å². The van der Waals surface area contributed by atoms with E-state index >= 15 is 0 Å². The van der Waals surface area contributed by atoms with Crippen LogP contribution in [0.2, 0.25) is 0 Å². The van der Waals surface area contributed by atoms with Gasteiger partial charge in [-0.2, -0.15) is 0 Å². The van der Waals surface area contributed by atoms with Crippen LogP contribution < -0.4 is 0 Å². The van der Waals surface area contributed by atoms with Crippen LogP contribution >= 0.6 is 9.24 Å². The van der Waals surface area contributed by atoms with Gasteiger partial charge in [-0.25, -0.2) is 0 Å². The van der Waals surface area contributed by atoms with Crippen LogP contribution in [0.1, 0.15) is 0 Å². The summed E-state index contributed by atoms with van der Waals surface area (Å²) in [7, 11) is 2.34. The minimum Gasteiger partial charge on any atom is -0.394 e. The molecule has 0 heterocycles. The van der Waals surface area contributed by atoms with Crippen molar-refractivity contribution in [3.05, 3.63) is 12.4 Å². The third-order valence-electron chi connectivity index (χ3n) is 0.1000. The summed E-state index contributed by atoms with van der Waals surface area (Å²) in [6, 6.07) is 0. The first-order valence-electron chi connectivity index (χ1n) is 1.87. The Bertz CT molecular complexity index is 28.9. The lowest BCUT2D eigenvalue weighted by Gasteiger charge is -1.70. The third-order valence-corrected chi connectivity index (χ3v) is 0.1000. The Morgan fingerprint density at radius 1 is 1.43 bits per heavy atom. The highest BCUT2D eigenvalue weighted by Crippen LogP contribution is 1.69. The average Bonchev–Trinajstić information content (AvgIpc) is 1.69. The van der Waals surface area contributed by atoms with Crippen LogP contribution in [-0.4, -0.2) is 23.4 Å². The van der Waals surface area contributed by atoms with E-state index in [0.717, 1.165) is 0 Å². The van der Waals surface area contributed by atoms with Gasteiger partial charge in [-0.05, 0) is 0 Å². The second kappa shape index (κ2) is 16.5. The van der Waals surface area contributed by atoms with E-state index in [1.807, 2.05) is 0 Å². The van der Waals surface area contributed by atoms with E-state index in [0.29, 0.717) is 0 Å². The molecule has 1 atom stereocenters. The molecule has 44 valence electrons. The van der Waals surface area contributed by atoms with Gasteiger partial charge in [-0.3, -0.25) is 0 Å². The molecule has 2 N–H and O–H groups in total. The van der Waals surface area contributed by atoms with Crippen LogP contribution in [0.4, 0.5) is 0 Å². The summed E-state index contributed by atoms with van der Waals surface area (Å²) in [5, 5.41) is 15.2. The molecule has 7 heavy (non-hydrogen) atoms. The molecule has 0 amide bonds. The number of rotatable bonds is 1. The summed E-state index contributed by atoms with van der Waals surface area (Å²) in [6.45, 7) is 3.07. The Hall–Kier alpha value is 0.0900. The molecular weight excluding hydrogens is 111 g/mol. The molecule has 0 radical (unpaired) electrons. The fourth-order valence-electron chi connectivity index (χ4n) is 0. The number of hydrogen-bond donors (Lipinski definition) is 2. The average molecular weight is 122 g/mol. The predicted octanol–water partition coefficient (Wildman–Crippen LogP) is -0.0240. The molecule has 0 spiro atoms. The smallest absolute Gasteiger partial charge is 0.0662 e. The molecule has 0 aromatic rings. The topological polar surface area (TPSA) is 40.5 Å². The molecule has 0 aliphatic rings. The molecule has 2 nitrogen and oxygen atoms in total. The largest absolute Gasteiger partial charge is 0.394 e. The van der Waals surface area contributed by atoms with Crippen LogP contribution in [-0.2, 0) is 0 Å². The standard InChI is InChI=1S/C2H6O2.C2H5P/c3-1-2-4;1-2-3/h3-4H,1-2H2;2H,1,3H2. The summed E-state index contributed by atoms with van der Waals surface area (Å²) in [5.41, 5.74) is 0. The van der Waals surface area contributed by atoms with Crippen LogP contribution in [0.15, 0.2) is 12.4 Å². The zero-order valence-electron chi connectivity index (χ0n) is 4.17. The molecule has 3 heteroatoms. The van der Waals surface area contributed by atoms with Gasteiger partial charge in [0.1, 0.15) is 0 Å². The first-order valence-corrected chi connectivity index (χ1v) is 2.54. The number of aliphatic hydroxyl groups is 2. The second-order valence-electron chi connectivity index (χ2n) is 0.683. The number of hydrogen-bond acceptors (Lipinski definition) is 2. The minimum absolute atomic E-state index is 0.125. The molecule has 0 rings (SSSR count).